The van der Waals surface area contributed by atoms with Crippen LogP contribution in [0.2, 0.25) is 0 Å². The maximum atomic E-state index is 14.1. The van der Waals surface area contributed by atoms with Gasteiger partial charge in [-0.1, -0.05) is 12.1 Å². The van der Waals surface area contributed by atoms with Crippen LogP contribution in [0.15, 0.2) is 41.3 Å². The quantitative estimate of drug-likeness (QED) is 0.568. The molecule has 1 aromatic carbocycles. The van der Waals surface area contributed by atoms with Crippen LogP contribution < -0.4 is 0 Å². The van der Waals surface area contributed by atoms with Crippen molar-refractivity contribution < 1.29 is 35.1 Å². The predicted molar refractivity (Wildman–Crippen MR) is 72.0 cm³/mol. The van der Waals surface area contributed by atoms with Crippen molar-refractivity contribution in [3.05, 3.63) is 64.0 Å². The first-order chi connectivity index (χ1) is 10.9. The number of aryl methyl sites for hydroxylation is 1. The van der Waals surface area contributed by atoms with Gasteiger partial charge in [0.1, 0.15) is 0 Å². The van der Waals surface area contributed by atoms with E-state index in [-0.39, 0.29) is 11.6 Å². The summed E-state index contributed by atoms with van der Waals surface area (Å²) in [6.07, 6.45) is 0.787. The summed E-state index contributed by atoms with van der Waals surface area (Å²) in [5.74, 6) is -17.7. The zero-order valence-corrected chi connectivity index (χ0v) is 12.3. The molecule has 0 spiro atoms. The van der Waals surface area contributed by atoms with E-state index in [0.29, 0.717) is 19.1 Å². The summed E-state index contributed by atoms with van der Waals surface area (Å²) in [6, 6.07) is 1.52. The molecule has 0 amide bonds. The van der Waals surface area contributed by atoms with Crippen LogP contribution >= 0.6 is 0 Å². The molecule has 0 aliphatic heterocycles. The average molecular weight is 354 g/mol. The van der Waals surface area contributed by atoms with Gasteiger partial charge in [-0.25, -0.2) is 17.6 Å². The topological polar surface area (TPSA) is 0 Å². The Hall–Kier alpha value is -2.12. The minimum atomic E-state index is -5.05. The van der Waals surface area contributed by atoms with Crippen LogP contribution in [-0.4, -0.2) is 11.8 Å². The van der Waals surface area contributed by atoms with Gasteiger partial charge in [0, 0.05) is 5.57 Å². The van der Waals surface area contributed by atoms with Crippen LogP contribution in [0.4, 0.5) is 35.1 Å². The molecular formula is C16H10F8. The molecule has 1 aliphatic rings. The molecule has 0 nitrogen and oxygen atoms in total. The highest BCUT2D eigenvalue weighted by Crippen LogP contribution is 2.50. The Balaban J connectivity index is 2.64. The second kappa shape index (κ2) is 5.75. The van der Waals surface area contributed by atoms with Crippen LogP contribution in [0, 0.1) is 18.6 Å². The number of halogens is 8. The normalized spacial score (nSPS) is 20.2. The van der Waals surface area contributed by atoms with Gasteiger partial charge in [-0.15, -0.1) is 0 Å². The zero-order valence-electron chi connectivity index (χ0n) is 12.3. The Morgan fingerprint density at radius 2 is 1.38 bits per heavy atom. The van der Waals surface area contributed by atoms with Crippen molar-refractivity contribution in [2.24, 2.45) is 0 Å². The lowest BCUT2D eigenvalue weighted by atomic mass is 9.89. The third-order valence-corrected chi connectivity index (χ3v) is 3.67. The van der Waals surface area contributed by atoms with E-state index in [1.807, 2.05) is 0 Å². The molecule has 24 heavy (non-hydrogen) atoms. The van der Waals surface area contributed by atoms with E-state index in [4.69, 9.17) is 0 Å². The second-order valence-corrected chi connectivity index (χ2v) is 5.26. The molecule has 1 aliphatic carbocycles. The minimum Gasteiger partial charge on any atom is -0.203 e. The first kappa shape index (κ1) is 18.2. The van der Waals surface area contributed by atoms with Crippen molar-refractivity contribution in [2.75, 3.05) is 0 Å². The maximum Gasteiger partial charge on any atom is 0.342 e. The lowest BCUT2D eigenvalue weighted by Gasteiger charge is -2.31. The molecule has 130 valence electrons. The zero-order chi connectivity index (χ0) is 18.4. The standard InChI is InChI=1S/C16H10F8/c1-7-3-5-9(12(18)11(7)17)13(19)14(20)10-6-4-8(2)15(21,22)16(10,23)24/h3-6H,1-2H3/b14-13+. The maximum absolute atomic E-state index is 14.1. The lowest BCUT2D eigenvalue weighted by Crippen LogP contribution is -2.44. The molecule has 0 saturated carbocycles. The lowest BCUT2D eigenvalue weighted by molar-refractivity contribution is -0.162. The van der Waals surface area contributed by atoms with Crippen LogP contribution in [0.1, 0.15) is 18.1 Å². The fourth-order valence-corrected chi connectivity index (χ4v) is 2.10. The fraction of sp³-hybridized carbons (Fsp3) is 0.250. The molecule has 0 aromatic heterocycles. The summed E-state index contributed by atoms with van der Waals surface area (Å²) < 4.78 is 110. The molecule has 0 fully saturated rings. The number of hydrogen-bond acceptors (Lipinski definition) is 0. The van der Waals surface area contributed by atoms with Gasteiger partial charge in [0.15, 0.2) is 23.3 Å². The Bertz CT molecular complexity index is 784. The van der Waals surface area contributed by atoms with Gasteiger partial charge >= 0.3 is 11.8 Å². The SMILES string of the molecule is CC1=CC=C(/C(F)=C(\F)c2ccc(C)c(F)c2F)C(F)(F)C1(F)F. The summed E-state index contributed by atoms with van der Waals surface area (Å²) >= 11 is 0. The van der Waals surface area contributed by atoms with Gasteiger partial charge in [-0.2, -0.15) is 17.6 Å². The number of alkyl halides is 4. The molecule has 0 heterocycles. The van der Waals surface area contributed by atoms with Gasteiger partial charge in [0.05, 0.1) is 11.1 Å². The molecule has 0 bridgehead atoms. The summed E-state index contributed by atoms with van der Waals surface area (Å²) in [4.78, 5) is 0. The van der Waals surface area contributed by atoms with Crippen molar-refractivity contribution in [1.29, 1.82) is 0 Å². The average Bonchev–Trinajstić information content (AvgIpc) is 2.50. The van der Waals surface area contributed by atoms with Gasteiger partial charge in [0.25, 0.3) is 0 Å². The first-order valence-corrected chi connectivity index (χ1v) is 6.58. The summed E-state index contributed by atoms with van der Waals surface area (Å²) in [6.45, 7) is 1.85. The minimum absolute atomic E-state index is 0.225. The van der Waals surface area contributed by atoms with E-state index in [2.05, 4.69) is 0 Å². The van der Waals surface area contributed by atoms with E-state index in [0.717, 1.165) is 13.0 Å². The van der Waals surface area contributed by atoms with Crippen molar-refractivity contribution >= 4 is 5.83 Å². The Morgan fingerprint density at radius 3 is 1.96 bits per heavy atom. The smallest absolute Gasteiger partial charge is 0.203 e. The number of hydrogen-bond donors (Lipinski definition) is 0. The van der Waals surface area contributed by atoms with Crippen molar-refractivity contribution in [3.63, 3.8) is 0 Å². The van der Waals surface area contributed by atoms with E-state index in [1.54, 1.807) is 0 Å². The number of benzene rings is 1. The first-order valence-electron chi connectivity index (χ1n) is 6.58. The van der Waals surface area contributed by atoms with Gasteiger partial charge in [-0.3, -0.25) is 0 Å². The highest BCUT2D eigenvalue weighted by Gasteiger charge is 2.62. The molecule has 0 N–H and O–H groups in total. The van der Waals surface area contributed by atoms with Crippen molar-refractivity contribution in [2.45, 2.75) is 25.7 Å². The molecule has 0 saturated heterocycles. The van der Waals surface area contributed by atoms with Crippen LogP contribution in [0.25, 0.3) is 5.83 Å². The third kappa shape index (κ3) is 2.53. The van der Waals surface area contributed by atoms with E-state index < -0.39 is 51.8 Å². The third-order valence-electron chi connectivity index (χ3n) is 3.67. The fourth-order valence-electron chi connectivity index (χ4n) is 2.10. The molecule has 0 atom stereocenters. The molecule has 0 unspecified atom stereocenters. The largest absolute Gasteiger partial charge is 0.342 e. The Labute approximate surface area is 131 Å². The van der Waals surface area contributed by atoms with Gasteiger partial charge < -0.3 is 0 Å². The van der Waals surface area contributed by atoms with E-state index in [9.17, 15) is 35.1 Å². The van der Waals surface area contributed by atoms with Crippen LogP contribution in [0.5, 0.6) is 0 Å². The molecule has 1 aromatic rings. The summed E-state index contributed by atoms with van der Waals surface area (Å²) in [7, 11) is 0. The molecule has 8 heteroatoms. The van der Waals surface area contributed by atoms with Gasteiger partial charge in [0.2, 0.25) is 0 Å². The Morgan fingerprint density at radius 1 is 0.792 bits per heavy atom. The van der Waals surface area contributed by atoms with E-state index >= 15 is 0 Å². The molecule has 0 radical (unpaired) electrons. The van der Waals surface area contributed by atoms with E-state index in [1.165, 1.54) is 0 Å². The number of allylic oxidation sites excluding steroid dienone is 5. The molecular weight excluding hydrogens is 344 g/mol. The predicted octanol–water partition coefficient (Wildman–Crippen LogP) is 6.04. The highest BCUT2D eigenvalue weighted by molar-refractivity contribution is 5.67. The summed E-state index contributed by atoms with van der Waals surface area (Å²) in [5, 5.41) is 0. The summed E-state index contributed by atoms with van der Waals surface area (Å²) in [5.41, 5.74) is -4.49. The monoisotopic (exact) mass is 354 g/mol. The second-order valence-electron chi connectivity index (χ2n) is 5.26. The van der Waals surface area contributed by atoms with Crippen LogP contribution in [-0.2, 0) is 0 Å². The molecule has 2 rings (SSSR count). The van der Waals surface area contributed by atoms with Gasteiger partial charge in [-0.05, 0) is 31.6 Å². The van der Waals surface area contributed by atoms with Crippen molar-refractivity contribution in [1.82, 2.24) is 0 Å². The Kier molecular flexibility index (Phi) is 4.37. The highest BCUT2D eigenvalue weighted by atomic mass is 19.3. The van der Waals surface area contributed by atoms with Crippen molar-refractivity contribution in [3.8, 4) is 0 Å². The van der Waals surface area contributed by atoms with Crippen LogP contribution in [0.3, 0.4) is 0 Å². The number of rotatable bonds is 2.